The monoisotopic (exact) mass is 560 g/mol. The summed E-state index contributed by atoms with van der Waals surface area (Å²) in [6, 6.07) is 11.4. The lowest BCUT2D eigenvalue weighted by Gasteiger charge is -2.24. The van der Waals surface area contributed by atoms with Gasteiger partial charge in [-0.1, -0.05) is 23.2 Å². The highest BCUT2D eigenvalue weighted by Crippen LogP contribution is 2.37. The minimum atomic E-state index is -4.90. The van der Waals surface area contributed by atoms with Gasteiger partial charge in [0.1, 0.15) is 18.1 Å². The van der Waals surface area contributed by atoms with Crippen LogP contribution >= 0.6 is 23.2 Å². The van der Waals surface area contributed by atoms with Gasteiger partial charge in [0.25, 0.3) is 5.91 Å². The van der Waals surface area contributed by atoms with Crippen molar-refractivity contribution in [2.75, 3.05) is 6.61 Å². The molecule has 0 heterocycles. The topological polar surface area (TPSA) is 80.6 Å². The zero-order valence-electron chi connectivity index (χ0n) is 18.6. The van der Waals surface area contributed by atoms with E-state index in [9.17, 15) is 32.0 Å². The van der Waals surface area contributed by atoms with Crippen LogP contribution in [0.2, 0.25) is 10.0 Å². The van der Waals surface area contributed by atoms with Crippen LogP contribution in [-0.4, -0.2) is 24.4 Å². The van der Waals surface area contributed by atoms with Crippen molar-refractivity contribution in [2.24, 2.45) is 0 Å². The molecule has 194 valence electrons. The summed E-state index contributed by atoms with van der Waals surface area (Å²) in [6.07, 6.45) is -4.90. The Bertz CT molecular complexity index is 1350. The maximum absolute atomic E-state index is 13.9. The van der Waals surface area contributed by atoms with Crippen molar-refractivity contribution in [3.05, 3.63) is 81.8 Å². The highest BCUT2D eigenvalue weighted by molar-refractivity contribution is 6.35. The second-order valence-electron chi connectivity index (χ2n) is 7.65. The Balaban J connectivity index is 1.76. The average Bonchev–Trinajstić information content (AvgIpc) is 2.81. The second-order valence-corrected chi connectivity index (χ2v) is 8.49. The number of nitriles is 1. The fraction of sp³-hybridized carbons (Fsp3) is 0.167. The van der Waals surface area contributed by atoms with Gasteiger partial charge < -0.3 is 19.5 Å². The molecule has 3 rings (SSSR count). The predicted molar refractivity (Wildman–Crippen MR) is 123 cm³/mol. The molecule has 1 atom stereocenters. The minimum absolute atomic E-state index is 0.0521. The summed E-state index contributed by atoms with van der Waals surface area (Å²) in [6.45, 7) is 0.725. The predicted octanol–water partition coefficient (Wildman–Crippen LogP) is 7.05. The molecular weight excluding hydrogens is 546 g/mol. The molecule has 13 heteroatoms. The molecule has 0 aliphatic rings. The van der Waals surface area contributed by atoms with Crippen molar-refractivity contribution in [3.63, 3.8) is 0 Å². The molecule has 0 aromatic heterocycles. The van der Waals surface area contributed by atoms with E-state index in [0.717, 1.165) is 24.3 Å². The number of halogens is 7. The van der Waals surface area contributed by atoms with Crippen LogP contribution in [0.5, 0.6) is 23.0 Å². The SMILES string of the molecule is CC(C#N)(COc1cc(F)c(F)cc1Oc1ccc(Cl)cc1Cl)NC(=O)c1ccc(OC(F)(F)F)cc1. The Morgan fingerprint density at radius 1 is 0.973 bits per heavy atom. The first-order valence-electron chi connectivity index (χ1n) is 10.1. The molecule has 0 radical (unpaired) electrons. The number of carbonyl (C=O) groups excluding carboxylic acids is 1. The number of alkyl halides is 3. The number of nitrogens with one attached hydrogen (secondary N) is 1. The third-order valence-electron chi connectivity index (χ3n) is 4.60. The molecule has 0 spiro atoms. The first-order chi connectivity index (χ1) is 17.3. The zero-order valence-corrected chi connectivity index (χ0v) is 20.1. The molecule has 6 nitrogen and oxygen atoms in total. The van der Waals surface area contributed by atoms with Crippen LogP contribution in [-0.2, 0) is 0 Å². The van der Waals surface area contributed by atoms with Crippen LogP contribution in [0.15, 0.2) is 54.6 Å². The van der Waals surface area contributed by atoms with Gasteiger partial charge in [-0.2, -0.15) is 5.26 Å². The standard InChI is InChI=1S/C24H15Cl2F5N2O4/c1-23(11-32,33-22(34)13-2-5-15(6-3-13)37-24(29,30)31)12-35-20-9-17(27)18(28)10-21(20)36-19-7-4-14(25)8-16(19)26/h2-10H,12H2,1H3,(H,33,34). The number of hydrogen-bond donors (Lipinski definition) is 1. The molecule has 0 aliphatic heterocycles. The lowest BCUT2D eigenvalue weighted by molar-refractivity contribution is -0.274. The highest BCUT2D eigenvalue weighted by atomic mass is 35.5. The number of amides is 1. The van der Waals surface area contributed by atoms with Crippen molar-refractivity contribution in [1.29, 1.82) is 5.26 Å². The summed E-state index contributed by atoms with van der Waals surface area (Å²) < 4.78 is 79.5. The number of rotatable bonds is 8. The van der Waals surface area contributed by atoms with E-state index in [-0.39, 0.29) is 27.8 Å². The fourth-order valence-electron chi connectivity index (χ4n) is 2.83. The summed E-state index contributed by atoms with van der Waals surface area (Å²) in [5.41, 5.74) is -1.79. The Kier molecular flexibility index (Phi) is 8.35. The fourth-order valence-corrected chi connectivity index (χ4v) is 3.28. The minimum Gasteiger partial charge on any atom is -0.486 e. The normalized spacial score (nSPS) is 12.7. The van der Waals surface area contributed by atoms with E-state index in [1.807, 2.05) is 6.07 Å². The number of ether oxygens (including phenoxy) is 3. The van der Waals surface area contributed by atoms with E-state index in [0.29, 0.717) is 17.2 Å². The van der Waals surface area contributed by atoms with E-state index < -0.39 is 41.8 Å². The van der Waals surface area contributed by atoms with Crippen LogP contribution < -0.4 is 19.5 Å². The maximum Gasteiger partial charge on any atom is 0.573 e. The number of hydrogen-bond acceptors (Lipinski definition) is 5. The molecule has 37 heavy (non-hydrogen) atoms. The lowest BCUT2D eigenvalue weighted by Crippen LogP contribution is -2.49. The number of benzene rings is 3. The first kappa shape index (κ1) is 27.8. The van der Waals surface area contributed by atoms with Gasteiger partial charge in [0.05, 0.1) is 11.1 Å². The lowest BCUT2D eigenvalue weighted by atomic mass is 10.0. The Morgan fingerprint density at radius 2 is 1.59 bits per heavy atom. The molecular formula is C24H15Cl2F5N2O4. The first-order valence-corrected chi connectivity index (χ1v) is 10.9. The van der Waals surface area contributed by atoms with E-state index in [1.165, 1.54) is 25.1 Å². The van der Waals surface area contributed by atoms with Gasteiger partial charge in [0.15, 0.2) is 28.7 Å². The molecule has 0 saturated carbocycles. The van der Waals surface area contributed by atoms with Gasteiger partial charge in [-0.15, -0.1) is 13.2 Å². The molecule has 0 fully saturated rings. The van der Waals surface area contributed by atoms with Crippen molar-refractivity contribution in [1.82, 2.24) is 5.32 Å². The highest BCUT2D eigenvalue weighted by Gasteiger charge is 2.32. The second kappa shape index (κ2) is 11.1. The summed E-state index contributed by atoms with van der Waals surface area (Å²) >= 11 is 11.9. The van der Waals surface area contributed by atoms with E-state index >= 15 is 0 Å². The smallest absolute Gasteiger partial charge is 0.486 e. The van der Waals surface area contributed by atoms with Crippen LogP contribution in [0, 0.1) is 23.0 Å². The summed E-state index contributed by atoms with van der Waals surface area (Å²) in [4.78, 5) is 12.6. The Hall–Kier alpha value is -3.75. The van der Waals surface area contributed by atoms with E-state index in [1.54, 1.807) is 0 Å². The summed E-state index contributed by atoms with van der Waals surface area (Å²) in [5, 5.41) is 12.4. The van der Waals surface area contributed by atoms with Crippen LogP contribution in [0.1, 0.15) is 17.3 Å². The molecule has 3 aromatic rings. The average molecular weight is 561 g/mol. The third-order valence-corrected chi connectivity index (χ3v) is 5.13. The van der Waals surface area contributed by atoms with Crippen LogP contribution in [0.4, 0.5) is 22.0 Å². The number of carbonyl (C=O) groups is 1. The molecule has 0 bridgehead atoms. The van der Waals surface area contributed by atoms with Crippen LogP contribution in [0.3, 0.4) is 0 Å². The third kappa shape index (κ3) is 7.62. The summed E-state index contributed by atoms with van der Waals surface area (Å²) in [7, 11) is 0. The van der Waals surface area contributed by atoms with Gasteiger partial charge in [0, 0.05) is 22.7 Å². The van der Waals surface area contributed by atoms with E-state index in [4.69, 9.17) is 32.7 Å². The van der Waals surface area contributed by atoms with E-state index in [2.05, 4.69) is 10.1 Å². The number of nitrogens with zero attached hydrogens (tertiary/aromatic N) is 1. The molecule has 1 unspecified atom stereocenters. The van der Waals surface area contributed by atoms with Crippen molar-refractivity contribution >= 4 is 29.1 Å². The Labute approximate surface area is 217 Å². The van der Waals surface area contributed by atoms with Gasteiger partial charge in [0.2, 0.25) is 0 Å². The molecule has 1 N–H and O–H groups in total. The van der Waals surface area contributed by atoms with Crippen molar-refractivity contribution in [2.45, 2.75) is 18.8 Å². The van der Waals surface area contributed by atoms with Crippen molar-refractivity contribution in [3.8, 4) is 29.1 Å². The van der Waals surface area contributed by atoms with Gasteiger partial charge >= 0.3 is 6.36 Å². The largest absolute Gasteiger partial charge is 0.573 e. The molecule has 3 aromatic carbocycles. The molecule has 1 amide bonds. The van der Waals surface area contributed by atoms with Crippen LogP contribution in [0.25, 0.3) is 0 Å². The van der Waals surface area contributed by atoms with Gasteiger partial charge in [-0.3, -0.25) is 4.79 Å². The molecule has 0 saturated heterocycles. The summed E-state index contributed by atoms with van der Waals surface area (Å²) in [5.74, 6) is -4.42. The zero-order chi connectivity index (χ0) is 27.4. The Morgan fingerprint density at radius 3 is 2.16 bits per heavy atom. The molecule has 0 aliphatic carbocycles. The van der Waals surface area contributed by atoms with Gasteiger partial charge in [-0.25, -0.2) is 8.78 Å². The maximum atomic E-state index is 13.9. The van der Waals surface area contributed by atoms with Crippen molar-refractivity contribution < 1.29 is 41.0 Å². The quantitative estimate of drug-likeness (QED) is 0.298. The van der Waals surface area contributed by atoms with Gasteiger partial charge in [-0.05, 0) is 49.4 Å².